The fourth-order valence-corrected chi connectivity index (χ4v) is 7.76. The summed E-state index contributed by atoms with van der Waals surface area (Å²) in [7, 11) is 0. The van der Waals surface area contributed by atoms with Crippen LogP contribution in [-0.2, 0) is 14.3 Å². The third-order valence-electron chi connectivity index (χ3n) is 11.5. The van der Waals surface area contributed by atoms with Crippen molar-refractivity contribution in [2.75, 3.05) is 19.7 Å². The molecule has 0 spiro atoms. The second-order valence-electron chi connectivity index (χ2n) is 16.9. The first-order chi connectivity index (χ1) is 26.6. The minimum absolute atomic E-state index is 0.0151. The molecule has 0 saturated heterocycles. The molecule has 0 heterocycles. The number of unbranched alkanes of at least 4 members (excludes halogenated alkanes) is 35. The number of nitrogens with one attached hydrogen (secondary N) is 1. The summed E-state index contributed by atoms with van der Waals surface area (Å²) in [6.45, 7) is 4.77. The summed E-state index contributed by atoms with van der Waals surface area (Å²) in [4.78, 5) is 22.5. The quantitative estimate of drug-likeness (QED) is 0.0421. The molecule has 0 aromatic carbocycles. The smallest absolute Gasteiger partial charge is 0.305 e. The van der Waals surface area contributed by atoms with Gasteiger partial charge in [-0.2, -0.15) is 0 Å². The highest BCUT2D eigenvalue weighted by Gasteiger charge is 2.06. The van der Waals surface area contributed by atoms with Gasteiger partial charge in [0.1, 0.15) is 0 Å². The molecule has 0 radical (unpaired) electrons. The average Bonchev–Trinajstić information content (AvgIpc) is 3.16. The molecule has 0 amide bonds. The zero-order valence-corrected chi connectivity index (χ0v) is 36.4. The van der Waals surface area contributed by atoms with E-state index in [4.69, 9.17) is 15.6 Å². The Morgan fingerprint density at radius 3 is 1.19 bits per heavy atom. The van der Waals surface area contributed by atoms with E-state index in [0.29, 0.717) is 25.5 Å². The Balaban J connectivity index is 3.29. The lowest BCUT2D eigenvalue weighted by Crippen LogP contribution is -2.36. The third kappa shape index (κ3) is 45.3. The molecular weight excluding hydrogens is 669 g/mol. The van der Waals surface area contributed by atoms with Crippen LogP contribution in [0.25, 0.3) is 0 Å². The number of hydrogen-bond acceptors (Lipinski definition) is 5. The molecule has 0 aromatic heterocycles. The van der Waals surface area contributed by atoms with Gasteiger partial charge in [-0.05, 0) is 38.6 Å². The number of ether oxygens (including phenoxy) is 1. The third-order valence-corrected chi connectivity index (χ3v) is 11.5. The Labute approximate surface area is 337 Å². The zero-order valence-electron chi connectivity index (χ0n) is 36.4. The molecule has 0 aliphatic heterocycles. The van der Waals surface area contributed by atoms with Gasteiger partial charge in [0.2, 0.25) is 0 Å². The predicted octanol–water partition coefficient (Wildman–Crippen LogP) is 14.5. The van der Waals surface area contributed by atoms with Crippen molar-refractivity contribution < 1.29 is 19.4 Å². The molecule has 0 rings (SSSR count). The number of carbonyl (C=O) groups is 2. The molecule has 0 aliphatic rings. The Morgan fingerprint density at radius 2 is 0.796 bits per heavy atom. The highest BCUT2D eigenvalue weighted by atomic mass is 16.5. The van der Waals surface area contributed by atoms with Crippen LogP contribution in [0.2, 0.25) is 0 Å². The van der Waals surface area contributed by atoms with E-state index in [0.717, 1.165) is 38.8 Å². The molecule has 1 unspecified atom stereocenters. The SMILES string of the molecule is CCCCCCCCCCCCCCOC(=O)CCCCCCCCCCCCCCCNC(CN)CCCCCCCCCCCCCCCC(=O)O. The topological polar surface area (TPSA) is 102 Å². The Hall–Kier alpha value is -1.14. The van der Waals surface area contributed by atoms with Crippen LogP contribution >= 0.6 is 0 Å². The van der Waals surface area contributed by atoms with E-state index in [1.54, 1.807) is 0 Å². The monoisotopic (exact) mass is 765 g/mol. The van der Waals surface area contributed by atoms with Gasteiger partial charge in [0.25, 0.3) is 0 Å². The van der Waals surface area contributed by atoms with Crippen LogP contribution in [0.5, 0.6) is 0 Å². The van der Waals surface area contributed by atoms with E-state index in [1.165, 1.54) is 225 Å². The number of rotatable bonds is 47. The molecule has 0 saturated carbocycles. The highest BCUT2D eigenvalue weighted by Crippen LogP contribution is 2.16. The van der Waals surface area contributed by atoms with E-state index in [2.05, 4.69) is 12.2 Å². The van der Waals surface area contributed by atoms with Crippen LogP contribution in [0, 0.1) is 0 Å². The minimum Gasteiger partial charge on any atom is -0.481 e. The standard InChI is InChI=1S/C48H96N2O4/c1-2-3-4-5-6-7-8-19-24-29-34-39-44-54-48(53)42-37-32-27-22-17-13-10-14-18-23-28-33-38-43-50-46(45-49)40-35-30-25-20-15-11-9-12-16-21-26-31-36-41-47(51)52/h46,50H,2-45,49H2,1H3,(H,51,52). The number of carboxylic acid groups (broad SMARTS) is 1. The van der Waals surface area contributed by atoms with Gasteiger partial charge >= 0.3 is 11.9 Å². The molecule has 0 aliphatic carbocycles. The number of esters is 1. The van der Waals surface area contributed by atoms with E-state index >= 15 is 0 Å². The van der Waals surface area contributed by atoms with Crippen molar-refractivity contribution >= 4 is 11.9 Å². The number of hydrogen-bond donors (Lipinski definition) is 3. The average molecular weight is 765 g/mol. The molecule has 322 valence electrons. The molecular formula is C48H96N2O4. The van der Waals surface area contributed by atoms with E-state index < -0.39 is 5.97 Å². The second-order valence-corrected chi connectivity index (χ2v) is 16.9. The first kappa shape index (κ1) is 52.9. The molecule has 0 aromatic rings. The number of carboxylic acids is 1. The lowest BCUT2D eigenvalue weighted by molar-refractivity contribution is -0.144. The van der Waals surface area contributed by atoms with Crippen LogP contribution in [0.4, 0.5) is 0 Å². The van der Waals surface area contributed by atoms with Crippen LogP contribution < -0.4 is 11.1 Å². The van der Waals surface area contributed by atoms with Crippen molar-refractivity contribution in [1.82, 2.24) is 5.32 Å². The van der Waals surface area contributed by atoms with Gasteiger partial charge in [0, 0.05) is 25.4 Å². The fraction of sp³-hybridized carbons (Fsp3) is 0.958. The summed E-state index contributed by atoms with van der Waals surface area (Å²) in [6, 6.07) is 0.490. The first-order valence-corrected chi connectivity index (χ1v) is 24.4. The summed E-state index contributed by atoms with van der Waals surface area (Å²) >= 11 is 0. The lowest BCUT2D eigenvalue weighted by Gasteiger charge is -2.16. The summed E-state index contributed by atoms with van der Waals surface area (Å²) in [6.07, 6.45) is 51.6. The minimum atomic E-state index is -0.661. The van der Waals surface area contributed by atoms with Gasteiger partial charge in [-0.25, -0.2) is 0 Å². The van der Waals surface area contributed by atoms with Crippen LogP contribution in [-0.4, -0.2) is 42.8 Å². The Bertz CT molecular complexity index is 748. The molecule has 54 heavy (non-hydrogen) atoms. The van der Waals surface area contributed by atoms with Crippen LogP contribution in [0.3, 0.4) is 0 Å². The molecule has 6 heteroatoms. The molecule has 0 bridgehead atoms. The number of aliphatic carboxylic acids is 1. The van der Waals surface area contributed by atoms with Gasteiger partial charge < -0.3 is 20.9 Å². The maximum atomic E-state index is 12.0. The zero-order chi connectivity index (χ0) is 39.3. The summed E-state index contributed by atoms with van der Waals surface area (Å²) in [5.41, 5.74) is 6.05. The van der Waals surface area contributed by atoms with Gasteiger partial charge in [-0.15, -0.1) is 0 Å². The molecule has 0 fully saturated rings. The second kappa shape index (κ2) is 46.2. The molecule has 6 nitrogen and oxygen atoms in total. The highest BCUT2D eigenvalue weighted by molar-refractivity contribution is 5.69. The first-order valence-electron chi connectivity index (χ1n) is 24.4. The summed E-state index contributed by atoms with van der Waals surface area (Å²) in [5.74, 6) is -0.646. The van der Waals surface area contributed by atoms with Crippen molar-refractivity contribution in [2.45, 2.75) is 276 Å². The largest absolute Gasteiger partial charge is 0.481 e. The van der Waals surface area contributed by atoms with Crippen LogP contribution in [0.1, 0.15) is 270 Å². The van der Waals surface area contributed by atoms with E-state index in [9.17, 15) is 9.59 Å². The van der Waals surface area contributed by atoms with Crippen molar-refractivity contribution in [3.8, 4) is 0 Å². The van der Waals surface area contributed by atoms with E-state index in [1.807, 2.05) is 0 Å². The van der Waals surface area contributed by atoms with Crippen molar-refractivity contribution in [1.29, 1.82) is 0 Å². The maximum absolute atomic E-state index is 12.0. The van der Waals surface area contributed by atoms with Gasteiger partial charge in [-0.1, -0.05) is 225 Å². The summed E-state index contributed by atoms with van der Waals surface area (Å²) < 4.78 is 5.46. The van der Waals surface area contributed by atoms with Crippen LogP contribution in [0.15, 0.2) is 0 Å². The van der Waals surface area contributed by atoms with Gasteiger partial charge in [-0.3, -0.25) is 9.59 Å². The van der Waals surface area contributed by atoms with Gasteiger partial charge in [0.05, 0.1) is 6.61 Å². The lowest BCUT2D eigenvalue weighted by atomic mass is 10.0. The Morgan fingerprint density at radius 1 is 0.463 bits per heavy atom. The maximum Gasteiger partial charge on any atom is 0.305 e. The van der Waals surface area contributed by atoms with Crippen molar-refractivity contribution in [3.05, 3.63) is 0 Å². The fourth-order valence-electron chi connectivity index (χ4n) is 7.76. The van der Waals surface area contributed by atoms with E-state index in [-0.39, 0.29) is 5.97 Å². The number of carbonyl (C=O) groups excluding carboxylic acids is 1. The molecule has 4 N–H and O–H groups in total. The van der Waals surface area contributed by atoms with Crippen molar-refractivity contribution in [3.63, 3.8) is 0 Å². The molecule has 1 atom stereocenters. The van der Waals surface area contributed by atoms with Crippen molar-refractivity contribution in [2.24, 2.45) is 5.73 Å². The summed E-state index contributed by atoms with van der Waals surface area (Å²) in [5, 5.41) is 12.4. The van der Waals surface area contributed by atoms with Gasteiger partial charge in [0.15, 0.2) is 0 Å². The number of nitrogens with two attached hydrogens (primary N) is 1. The normalized spacial score (nSPS) is 12.0. The Kier molecular flexibility index (Phi) is 45.3. The predicted molar refractivity (Wildman–Crippen MR) is 234 cm³/mol.